The molecule has 0 aromatic heterocycles. The van der Waals surface area contributed by atoms with E-state index in [1.54, 1.807) is 6.92 Å². The Morgan fingerprint density at radius 2 is 1.90 bits per heavy atom. The summed E-state index contributed by atoms with van der Waals surface area (Å²) in [7, 11) is 0. The number of rotatable bonds is 4. The average Bonchev–Trinajstić information content (AvgIpc) is 2.48. The molecule has 2 rings (SSSR count). The molecule has 0 atom stereocenters. The first-order valence-corrected chi connectivity index (χ1v) is 6.58. The van der Waals surface area contributed by atoms with E-state index in [-0.39, 0.29) is 0 Å². The molecule has 0 unspecified atom stereocenters. The Balaban J connectivity index is 2.09. The van der Waals surface area contributed by atoms with Crippen molar-refractivity contribution in [1.29, 1.82) is 0 Å². The lowest BCUT2D eigenvalue weighted by molar-refractivity contribution is 0.306. The maximum absolute atomic E-state index is 8.79. The Labute approximate surface area is 119 Å². The Kier molecular flexibility index (Phi) is 4.41. The Hall–Kier alpha value is -2.29. The summed E-state index contributed by atoms with van der Waals surface area (Å²) in [6, 6.07) is 13.9. The SMILES string of the molecule is CC(=NO)c1cccc(OCc2ccc(C)c(C)c2)c1. The second-order valence-electron chi connectivity index (χ2n) is 4.92. The van der Waals surface area contributed by atoms with Gasteiger partial charge in [0, 0.05) is 5.56 Å². The Morgan fingerprint density at radius 3 is 2.60 bits per heavy atom. The normalized spacial score (nSPS) is 11.4. The molecule has 2 aromatic carbocycles. The van der Waals surface area contributed by atoms with Crippen molar-refractivity contribution < 1.29 is 9.94 Å². The summed E-state index contributed by atoms with van der Waals surface area (Å²) >= 11 is 0. The van der Waals surface area contributed by atoms with Crippen LogP contribution in [0.2, 0.25) is 0 Å². The van der Waals surface area contributed by atoms with Gasteiger partial charge in [-0.05, 0) is 49.6 Å². The summed E-state index contributed by atoms with van der Waals surface area (Å²) in [6.07, 6.45) is 0. The number of hydrogen-bond donors (Lipinski definition) is 1. The Bertz CT molecular complexity index is 633. The van der Waals surface area contributed by atoms with Gasteiger partial charge in [0.1, 0.15) is 12.4 Å². The van der Waals surface area contributed by atoms with E-state index in [1.165, 1.54) is 11.1 Å². The fourth-order valence-corrected chi connectivity index (χ4v) is 1.93. The van der Waals surface area contributed by atoms with Crippen molar-refractivity contribution in [2.45, 2.75) is 27.4 Å². The van der Waals surface area contributed by atoms with E-state index in [9.17, 15) is 0 Å². The monoisotopic (exact) mass is 269 g/mol. The van der Waals surface area contributed by atoms with Crippen LogP contribution < -0.4 is 4.74 Å². The molecule has 3 nitrogen and oxygen atoms in total. The van der Waals surface area contributed by atoms with E-state index in [2.05, 4.69) is 37.2 Å². The fourth-order valence-electron chi connectivity index (χ4n) is 1.93. The minimum absolute atomic E-state index is 0.528. The van der Waals surface area contributed by atoms with Gasteiger partial charge in [0.2, 0.25) is 0 Å². The van der Waals surface area contributed by atoms with Gasteiger partial charge in [0.05, 0.1) is 5.71 Å². The third-order valence-corrected chi connectivity index (χ3v) is 3.38. The molecular formula is C17H19NO2. The number of oxime groups is 1. The van der Waals surface area contributed by atoms with Crippen molar-refractivity contribution in [3.05, 3.63) is 64.7 Å². The van der Waals surface area contributed by atoms with Crippen LogP contribution in [0.3, 0.4) is 0 Å². The summed E-state index contributed by atoms with van der Waals surface area (Å²) in [6.45, 7) is 6.48. The number of hydrogen-bond acceptors (Lipinski definition) is 3. The fraction of sp³-hybridized carbons (Fsp3) is 0.235. The third kappa shape index (κ3) is 3.38. The number of aryl methyl sites for hydroxylation is 2. The zero-order chi connectivity index (χ0) is 14.5. The molecule has 0 radical (unpaired) electrons. The molecule has 0 saturated heterocycles. The van der Waals surface area contributed by atoms with Crippen molar-refractivity contribution >= 4 is 5.71 Å². The van der Waals surface area contributed by atoms with Crippen LogP contribution in [0.25, 0.3) is 0 Å². The van der Waals surface area contributed by atoms with Gasteiger partial charge >= 0.3 is 0 Å². The lowest BCUT2D eigenvalue weighted by atomic mass is 10.1. The summed E-state index contributed by atoms with van der Waals surface area (Å²) in [5.74, 6) is 0.767. The van der Waals surface area contributed by atoms with E-state index in [0.717, 1.165) is 16.9 Å². The first kappa shape index (κ1) is 14.1. The minimum atomic E-state index is 0.528. The van der Waals surface area contributed by atoms with Crippen LogP contribution in [0.1, 0.15) is 29.2 Å². The summed E-state index contributed by atoms with van der Waals surface area (Å²) in [4.78, 5) is 0. The molecule has 3 heteroatoms. The van der Waals surface area contributed by atoms with Gasteiger partial charge in [-0.2, -0.15) is 0 Å². The summed E-state index contributed by atoms with van der Waals surface area (Å²) in [5.41, 5.74) is 5.12. The van der Waals surface area contributed by atoms with Crippen LogP contribution in [0.15, 0.2) is 47.6 Å². The average molecular weight is 269 g/mol. The quantitative estimate of drug-likeness (QED) is 0.516. The second kappa shape index (κ2) is 6.24. The van der Waals surface area contributed by atoms with E-state index in [0.29, 0.717) is 12.3 Å². The van der Waals surface area contributed by atoms with Gasteiger partial charge in [-0.3, -0.25) is 0 Å². The third-order valence-electron chi connectivity index (χ3n) is 3.38. The van der Waals surface area contributed by atoms with Crippen molar-refractivity contribution in [1.82, 2.24) is 0 Å². The smallest absolute Gasteiger partial charge is 0.120 e. The number of benzene rings is 2. The van der Waals surface area contributed by atoms with E-state index in [4.69, 9.17) is 9.94 Å². The van der Waals surface area contributed by atoms with Crippen LogP contribution in [0, 0.1) is 13.8 Å². The molecular weight excluding hydrogens is 250 g/mol. The molecule has 0 aliphatic heterocycles. The predicted molar refractivity (Wildman–Crippen MR) is 80.7 cm³/mol. The van der Waals surface area contributed by atoms with E-state index in [1.807, 2.05) is 24.3 Å². The largest absolute Gasteiger partial charge is 0.489 e. The topological polar surface area (TPSA) is 41.8 Å². The molecule has 1 N–H and O–H groups in total. The molecule has 0 fully saturated rings. The highest BCUT2D eigenvalue weighted by atomic mass is 16.5. The number of ether oxygens (including phenoxy) is 1. The lowest BCUT2D eigenvalue weighted by Gasteiger charge is -2.09. The van der Waals surface area contributed by atoms with E-state index >= 15 is 0 Å². The molecule has 0 aliphatic rings. The number of nitrogens with zero attached hydrogens (tertiary/aromatic N) is 1. The summed E-state index contributed by atoms with van der Waals surface area (Å²) in [5, 5.41) is 12.0. The highest BCUT2D eigenvalue weighted by molar-refractivity contribution is 5.98. The zero-order valence-electron chi connectivity index (χ0n) is 12.1. The van der Waals surface area contributed by atoms with Gasteiger partial charge in [-0.25, -0.2) is 0 Å². The van der Waals surface area contributed by atoms with Gasteiger partial charge in [-0.15, -0.1) is 0 Å². The van der Waals surface area contributed by atoms with Crippen LogP contribution in [-0.2, 0) is 6.61 Å². The maximum Gasteiger partial charge on any atom is 0.120 e. The second-order valence-corrected chi connectivity index (χ2v) is 4.92. The summed E-state index contributed by atoms with van der Waals surface area (Å²) < 4.78 is 5.79. The first-order chi connectivity index (χ1) is 9.60. The first-order valence-electron chi connectivity index (χ1n) is 6.58. The van der Waals surface area contributed by atoms with Crippen molar-refractivity contribution in [3.8, 4) is 5.75 Å². The molecule has 0 spiro atoms. The van der Waals surface area contributed by atoms with E-state index < -0.39 is 0 Å². The molecule has 0 saturated carbocycles. The van der Waals surface area contributed by atoms with Crippen LogP contribution in [0.4, 0.5) is 0 Å². The molecule has 20 heavy (non-hydrogen) atoms. The predicted octanol–water partition coefficient (Wildman–Crippen LogP) is 4.08. The molecule has 0 heterocycles. The van der Waals surface area contributed by atoms with Crippen LogP contribution >= 0.6 is 0 Å². The van der Waals surface area contributed by atoms with Crippen LogP contribution in [0.5, 0.6) is 5.75 Å². The molecule has 2 aromatic rings. The van der Waals surface area contributed by atoms with Gasteiger partial charge in [0.25, 0.3) is 0 Å². The standard InChI is InChI=1S/C17H19NO2/c1-12-7-8-15(9-13(12)2)11-20-17-6-4-5-16(10-17)14(3)18-19/h4-10,19H,11H2,1-3H3. The molecule has 0 aliphatic carbocycles. The van der Waals surface area contributed by atoms with Crippen molar-refractivity contribution in [3.63, 3.8) is 0 Å². The van der Waals surface area contributed by atoms with Crippen molar-refractivity contribution in [2.24, 2.45) is 5.16 Å². The van der Waals surface area contributed by atoms with Gasteiger partial charge < -0.3 is 9.94 Å². The lowest BCUT2D eigenvalue weighted by Crippen LogP contribution is -1.99. The minimum Gasteiger partial charge on any atom is -0.489 e. The van der Waals surface area contributed by atoms with Crippen molar-refractivity contribution in [2.75, 3.05) is 0 Å². The highest BCUT2D eigenvalue weighted by Gasteiger charge is 2.02. The van der Waals surface area contributed by atoms with Crippen LogP contribution in [-0.4, -0.2) is 10.9 Å². The molecule has 0 bridgehead atoms. The highest BCUT2D eigenvalue weighted by Crippen LogP contribution is 2.17. The van der Waals surface area contributed by atoms with Gasteiger partial charge in [0.15, 0.2) is 0 Å². The molecule has 104 valence electrons. The van der Waals surface area contributed by atoms with Gasteiger partial charge in [-0.1, -0.05) is 35.5 Å². The Morgan fingerprint density at radius 1 is 1.10 bits per heavy atom. The zero-order valence-corrected chi connectivity index (χ0v) is 12.1. The molecule has 0 amide bonds. The maximum atomic E-state index is 8.79.